The SMILES string of the molecule is O=C(NC[C@@H](O)c1ccccc1)Nc1cccnc1. The minimum Gasteiger partial charge on any atom is -0.387 e. The maximum absolute atomic E-state index is 11.6. The van der Waals surface area contributed by atoms with Gasteiger partial charge in [0.1, 0.15) is 0 Å². The van der Waals surface area contributed by atoms with Crippen molar-refractivity contribution in [2.75, 3.05) is 11.9 Å². The molecular formula is C14H15N3O2. The predicted octanol–water partition coefficient (Wildman–Crippen LogP) is 1.94. The molecule has 0 aliphatic rings. The summed E-state index contributed by atoms with van der Waals surface area (Å²) in [5.41, 5.74) is 1.37. The van der Waals surface area contributed by atoms with Gasteiger partial charge in [-0.3, -0.25) is 4.98 Å². The summed E-state index contributed by atoms with van der Waals surface area (Å²) >= 11 is 0. The highest BCUT2D eigenvalue weighted by Gasteiger charge is 2.08. The van der Waals surface area contributed by atoms with Crippen LogP contribution in [0.5, 0.6) is 0 Å². The zero-order valence-electron chi connectivity index (χ0n) is 10.3. The molecule has 2 amide bonds. The molecule has 2 rings (SSSR count). The minimum atomic E-state index is -0.721. The maximum atomic E-state index is 11.6. The fourth-order valence-electron chi connectivity index (χ4n) is 1.59. The number of aliphatic hydroxyl groups excluding tert-OH is 1. The van der Waals surface area contributed by atoms with Crippen molar-refractivity contribution in [2.45, 2.75) is 6.10 Å². The van der Waals surface area contributed by atoms with Gasteiger partial charge in [-0.05, 0) is 17.7 Å². The van der Waals surface area contributed by atoms with E-state index in [1.807, 2.05) is 30.3 Å². The van der Waals surface area contributed by atoms with Crippen molar-refractivity contribution < 1.29 is 9.90 Å². The van der Waals surface area contributed by atoms with Gasteiger partial charge < -0.3 is 15.7 Å². The largest absolute Gasteiger partial charge is 0.387 e. The number of urea groups is 1. The van der Waals surface area contributed by atoms with E-state index in [-0.39, 0.29) is 12.6 Å². The Morgan fingerprint density at radius 2 is 2.00 bits per heavy atom. The molecule has 0 bridgehead atoms. The summed E-state index contributed by atoms with van der Waals surface area (Å²) in [7, 11) is 0. The fraction of sp³-hybridized carbons (Fsp3) is 0.143. The van der Waals surface area contributed by atoms with Crippen LogP contribution in [0.3, 0.4) is 0 Å². The van der Waals surface area contributed by atoms with Gasteiger partial charge in [-0.15, -0.1) is 0 Å². The van der Waals surface area contributed by atoms with Gasteiger partial charge in [0.2, 0.25) is 0 Å². The van der Waals surface area contributed by atoms with E-state index in [1.165, 1.54) is 0 Å². The van der Waals surface area contributed by atoms with Crippen LogP contribution in [0, 0.1) is 0 Å². The van der Waals surface area contributed by atoms with E-state index in [2.05, 4.69) is 15.6 Å². The highest BCUT2D eigenvalue weighted by molar-refractivity contribution is 5.88. The van der Waals surface area contributed by atoms with Crippen LogP contribution < -0.4 is 10.6 Å². The number of aliphatic hydroxyl groups is 1. The fourth-order valence-corrected chi connectivity index (χ4v) is 1.59. The number of amides is 2. The smallest absolute Gasteiger partial charge is 0.319 e. The molecule has 3 N–H and O–H groups in total. The van der Waals surface area contributed by atoms with Crippen molar-refractivity contribution in [2.24, 2.45) is 0 Å². The summed E-state index contributed by atoms with van der Waals surface area (Å²) in [4.78, 5) is 15.5. The average molecular weight is 257 g/mol. The summed E-state index contributed by atoms with van der Waals surface area (Å²) in [5, 5.41) is 15.1. The first-order valence-corrected chi connectivity index (χ1v) is 5.93. The number of rotatable bonds is 4. The molecule has 19 heavy (non-hydrogen) atoms. The predicted molar refractivity (Wildman–Crippen MR) is 72.7 cm³/mol. The van der Waals surface area contributed by atoms with Gasteiger partial charge >= 0.3 is 6.03 Å². The third-order valence-electron chi connectivity index (χ3n) is 2.56. The molecule has 0 unspecified atom stereocenters. The molecule has 0 spiro atoms. The third-order valence-corrected chi connectivity index (χ3v) is 2.56. The van der Waals surface area contributed by atoms with E-state index < -0.39 is 6.10 Å². The Kier molecular flexibility index (Phi) is 4.47. The summed E-state index contributed by atoms with van der Waals surface area (Å²) in [5.74, 6) is 0. The zero-order valence-corrected chi connectivity index (χ0v) is 10.3. The number of hydrogen-bond donors (Lipinski definition) is 3. The normalized spacial score (nSPS) is 11.6. The lowest BCUT2D eigenvalue weighted by molar-refractivity contribution is 0.175. The Bertz CT molecular complexity index is 517. The molecule has 0 aliphatic heterocycles. The lowest BCUT2D eigenvalue weighted by Gasteiger charge is -2.12. The van der Waals surface area contributed by atoms with Crippen molar-refractivity contribution >= 4 is 11.7 Å². The van der Waals surface area contributed by atoms with E-state index in [0.29, 0.717) is 5.69 Å². The minimum absolute atomic E-state index is 0.149. The average Bonchev–Trinajstić information content (AvgIpc) is 2.47. The molecule has 1 aromatic carbocycles. The number of benzene rings is 1. The number of nitrogens with zero attached hydrogens (tertiary/aromatic N) is 1. The second kappa shape index (κ2) is 6.51. The van der Waals surface area contributed by atoms with Crippen LogP contribution in [-0.4, -0.2) is 22.7 Å². The van der Waals surface area contributed by atoms with Gasteiger partial charge in [0.15, 0.2) is 0 Å². The molecule has 5 nitrogen and oxygen atoms in total. The van der Waals surface area contributed by atoms with E-state index in [9.17, 15) is 9.90 Å². The van der Waals surface area contributed by atoms with Gasteiger partial charge in [0, 0.05) is 12.7 Å². The van der Waals surface area contributed by atoms with Crippen molar-refractivity contribution in [1.82, 2.24) is 10.3 Å². The lowest BCUT2D eigenvalue weighted by Crippen LogP contribution is -2.32. The molecule has 0 saturated heterocycles. The lowest BCUT2D eigenvalue weighted by atomic mass is 10.1. The molecule has 0 aliphatic carbocycles. The Balaban J connectivity index is 1.81. The van der Waals surface area contributed by atoms with Crippen molar-refractivity contribution in [3.8, 4) is 0 Å². The summed E-state index contributed by atoms with van der Waals surface area (Å²) in [6.45, 7) is 0.149. The number of carbonyl (C=O) groups is 1. The number of carbonyl (C=O) groups excluding carboxylic acids is 1. The summed E-state index contributed by atoms with van der Waals surface area (Å²) in [6.07, 6.45) is 2.45. The maximum Gasteiger partial charge on any atom is 0.319 e. The van der Waals surface area contributed by atoms with Gasteiger partial charge in [-0.25, -0.2) is 4.79 Å². The Morgan fingerprint density at radius 3 is 2.68 bits per heavy atom. The highest BCUT2D eigenvalue weighted by Crippen LogP contribution is 2.10. The summed E-state index contributed by atoms with van der Waals surface area (Å²) in [6, 6.07) is 12.3. The van der Waals surface area contributed by atoms with Gasteiger partial charge in [0.05, 0.1) is 18.0 Å². The van der Waals surface area contributed by atoms with Gasteiger partial charge in [-0.1, -0.05) is 30.3 Å². The summed E-state index contributed by atoms with van der Waals surface area (Å²) < 4.78 is 0. The topological polar surface area (TPSA) is 74.2 Å². The highest BCUT2D eigenvalue weighted by atomic mass is 16.3. The Labute approximate surface area is 111 Å². The van der Waals surface area contributed by atoms with Crippen LogP contribution in [-0.2, 0) is 0 Å². The van der Waals surface area contributed by atoms with Crippen LogP contribution >= 0.6 is 0 Å². The van der Waals surface area contributed by atoms with E-state index >= 15 is 0 Å². The standard InChI is InChI=1S/C14H15N3O2/c18-13(11-5-2-1-3-6-11)10-16-14(19)17-12-7-4-8-15-9-12/h1-9,13,18H,10H2,(H2,16,17,19)/t13-/m1/s1. The molecule has 5 heteroatoms. The Hall–Kier alpha value is -2.40. The number of anilines is 1. The first-order valence-electron chi connectivity index (χ1n) is 5.93. The first kappa shape index (κ1) is 13.0. The molecule has 2 aromatic rings. The van der Waals surface area contributed by atoms with Crippen LogP contribution in [0.1, 0.15) is 11.7 Å². The number of nitrogens with one attached hydrogen (secondary N) is 2. The Morgan fingerprint density at radius 1 is 1.21 bits per heavy atom. The van der Waals surface area contributed by atoms with Gasteiger partial charge in [0.25, 0.3) is 0 Å². The van der Waals surface area contributed by atoms with Crippen LogP contribution in [0.15, 0.2) is 54.9 Å². The molecule has 1 aromatic heterocycles. The molecule has 0 saturated carbocycles. The molecule has 0 fully saturated rings. The molecule has 98 valence electrons. The molecular weight excluding hydrogens is 242 g/mol. The quantitative estimate of drug-likeness (QED) is 0.783. The van der Waals surface area contributed by atoms with Crippen LogP contribution in [0.2, 0.25) is 0 Å². The van der Waals surface area contributed by atoms with Crippen LogP contribution in [0.4, 0.5) is 10.5 Å². The van der Waals surface area contributed by atoms with Crippen molar-refractivity contribution in [1.29, 1.82) is 0 Å². The molecule has 0 radical (unpaired) electrons. The number of pyridine rings is 1. The third kappa shape index (κ3) is 4.08. The van der Waals surface area contributed by atoms with E-state index in [4.69, 9.17) is 0 Å². The molecule has 1 atom stereocenters. The zero-order chi connectivity index (χ0) is 13.5. The first-order chi connectivity index (χ1) is 9.25. The van der Waals surface area contributed by atoms with Crippen molar-refractivity contribution in [3.63, 3.8) is 0 Å². The van der Waals surface area contributed by atoms with Crippen LogP contribution in [0.25, 0.3) is 0 Å². The second-order valence-electron chi connectivity index (χ2n) is 4.00. The van der Waals surface area contributed by atoms with E-state index in [1.54, 1.807) is 24.5 Å². The van der Waals surface area contributed by atoms with Crippen molar-refractivity contribution in [3.05, 3.63) is 60.4 Å². The number of hydrogen-bond acceptors (Lipinski definition) is 3. The van der Waals surface area contributed by atoms with E-state index in [0.717, 1.165) is 5.56 Å². The molecule has 1 heterocycles. The monoisotopic (exact) mass is 257 g/mol. The second-order valence-corrected chi connectivity index (χ2v) is 4.00. The number of aromatic nitrogens is 1. The van der Waals surface area contributed by atoms with Gasteiger partial charge in [-0.2, -0.15) is 0 Å².